The standard InChI is InChI=1S/C6H5N2O/c1-5(9)6-4-7-2-3-8-6/h2-3H,1H3. The highest BCUT2D eigenvalue weighted by molar-refractivity contribution is 5.91. The maximum Gasteiger partial charge on any atom is 0.180 e. The van der Waals surface area contributed by atoms with Gasteiger partial charge < -0.3 is 0 Å². The Morgan fingerprint density at radius 3 is 2.78 bits per heavy atom. The highest BCUT2D eigenvalue weighted by Crippen LogP contribution is 1.87. The van der Waals surface area contributed by atoms with Gasteiger partial charge in [-0.2, -0.15) is 0 Å². The van der Waals surface area contributed by atoms with E-state index in [1.165, 1.54) is 19.3 Å². The predicted octanol–water partition coefficient (Wildman–Crippen LogP) is 0.479. The van der Waals surface area contributed by atoms with Crippen molar-refractivity contribution < 1.29 is 4.79 Å². The Bertz CT molecular complexity index is 208. The van der Waals surface area contributed by atoms with Gasteiger partial charge in [0.05, 0.1) is 0 Å². The number of ketones is 1. The second kappa shape index (κ2) is 2.35. The van der Waals surface area contributed by atoms with Crippen molar-refractivity contribution in [2.24, 2.45) is 0 Å². The molecular weight excluding hydrogens is 116 g/mol. The summed E-state index contributed by atoms with van der Waals surface area (Å²) >= 11 is 0. The normalized spacial score (nSPS) is 9.00. The fraction of sp³-hybridized carbons (Fsp3) is 0.167. The SMILES string of the molecule is CC(=O)c1[c]nccn1. The molecule has 1 aromatic heterocycles. The minimum Gasteiger partial charge on any atom is -0.293 e. The second-order valence-electron chi connectivity index (χ2n) is 1.57. The van der Waals surface area contributed by atoms with E-state index in [1.807, 2.05) is 0 Å². The summed E-state index contributed by atoms with van der Waals surface area (Å²) in [6.45, 7) is 1.43. The lowest BCUT2D eigenvalue weighted by molar-refractivity contribution is 0.101. The first kappa shape index (κ1) is 5.88. The minimum atomic E-state index is -0.108. The van der Waals surface area contributed by atoms with Crippen molar-refractivity contribution in [2.75, 3.05) is 0 Å². The summed E-state index contributed by atoms with van der Waals surface area (Å²) < 4.78 is 0. The molecule has 1 rings (SSSR count). The molecule has 0 saturated carbocycles. The molecule has 3 heteroatoms. The molecule has 0 aromatic carbocycles. The number of hydrogen-bond acceptors (Lipinski definition) is 3. The van der Waals surface area contributed by atoms with E-state index in [4.69, 9.17) is 0 Å². The van der Waals surface area contributed by atoms with Gasteiger partial charge in [-0.3, -0.25) is 9.78 Å². The molecule has 0 amide bonds. The van der Waals surface area contributed by atoms with Crippen molar-refractivity contribution in [1.29, 1.82) is 0 Å². The van der Waals surface area contributed by atoms with E-state index in [9.17, 15) is 4.79 Å². The summed E-state index contributed by atoms with van der Waals surface area (Å²) in [5, 5.41) is 0. The van der Waals surface area contributed by atoms with E-state index in [0.29, 0.717) is 0 Å². The first-order valence-electron chi connectivity index (χ1n) is 2.50. The van der Waals surface area contributed by atoms with Crippen molar-refractivity contribution in [3.8, 4) is 0 Å². The average molecular weight is 121 g/mol. The molecular formula is C6H5N2O. The summed E-state index contributed by atoms with van der Waals surface area (Å²) in [5.41, 5.74) is 0.289. The molecule has 0 fully saturated rings. The van der Waals surface area contributed by atoms with E-state index in [1.54, 1.807) is 0 Å². The zero-order valence-corrected chi connectivity index (χ0v) is 4.96. The lowest BCUT2D eigenvalue weighted by Gasteiger charge is -1.86. The van der Waals surface area contributed by atoms with Gasteiger partial charge in [-0.1, -0.05) is 0 Å². The van der Waals surface area contributed by atoms with Crippen molar-refractivity contribution >= 4 is 5.78 Å². The number of nitrogens with zero attached hydrogens (tertiary/aromatic N) is 2. The largest absolute Gasteiger partial charge is 0.293 e. The first-order valence-corrected chi connectivity index (χ1v) is 2.50. The van der Waals surface area contributed by atoms with Crippen LogP contribution < -0.4 is 0 Å². The zero-order valence-electron chi connectivity index (χ0n) is 4.96. The minimum absolute atomic E-state index is 0.108. The molecule has 0 atom stereocenters. The zero-order chi connectivity index (χ0) is 6.69. The second-order valence-corrected chi connectivity index (χ2v) is 1.57. The Balaban J connectivity index is 2.98. The maximum absolute atomic E-state index is 10.5. The maximum atomic E-state index is 10.5. The highest BCUT2D eigenvalue weighted by atomic mass is 16.1. The number of carbonyl (C=O) groups excluding carboxylic acids is 1. The number of aromatic nitrogens is 2. The van der Waals surface area contributed by atoms with Gasteiger partial charge in [-0.25, -0.2) is 4.98 Å². The smallest absolute Gasteiger partial charge is 0.180 e. The Kier molecular flexibility index (Phi) is 1.53. The summed E-state index contributed by atoms with van der Waals surface area (Å²) in [6.07, 6.45) is 5.40. The van der Waals surface area contributed by atoms with Crippen LogP contribution in [-0.2, 0) is 0 Å². The van der Waals surface area contributed by atoms with Crippen LogP contribution in [0.15, 0.2) is 12.4 Å². The van der Waals surface area contributed by atoms with Gasteiger partial charge in [-0.15, -0.1) is 0 Å². The van der Waals surface area contributed by atoms with Crippen molar-refractivity contribution in [3.05, 3.63) is 24.3 Å². The first-order chi connectivity index (χ1) is 4.30. The van der Waals surface area contributed by atoms with Crippen molar-refractivity contribution in [3.63, 3.8) is 0 Å². The van der Waals surface area contributed by atoms with Gasteiger partial charge in [0.1, 0.15) is 11.9 Å². The van der Waals surface area contributed by atoms with Crippen LogP contribution >= 0.6 is 0 Å². The molecule has 1 aromatic rings. The van der Waals surface area contributed by atoms with E-state index < -0.39 is 0 Å². The highest BCUT2D eigenvalue weighted by Gasteiger charge is 1.97. The van der Waals surface area contributed by atoms with E-state index in [2.05, 4.69) is 16.2 Å². The van der Waals surface area contributed by atoms with Crippen LogP contribution in [-0.4, -0.2) is 15.8 Å². The Labute approximate surface area is 52.8 Å². The van der Waals surface area contributed by atoms with Crippen LogP contribution in [0.4, 0.5) is 0 Å². The van der Waals surface area contributed by atoms with Crippen LogP contribution in [0.2, 0.25) is 0 Å². The summed E-state index contributed by atoms with van der Waals surface area (Å²) in [7, 11) is 0. The Hall–Kier alpha value is -1.25. The summed E-state index contributed by atoms with van der Waals surface area (Å²) in [6, 6.07) is 0. The summed E-state index contributed by atoms with van der Waals surface area (Å²) in [5.74, 6) is -0.108. The fourth-order valence-corrected chi connectivity index (χ4v) is 0.438. The van der Waals surface area contributed by atoms with Crippen LogP contribution in [0, 0.1) is 6.20 Å². The molecule has 0 bridgehead atoms. The molecule has 0 unspecified atom stereocenters. The Morgan fingerprint density at radius 1 is 1.67 bits per heavy atom. The van der Waals surface area contributed by atoms with E-state index in [-0.39, 0.29) is 11.5 Å². The molecule has 0 spiro atoms. The molecule has 0 N–H and O–H groups in total. The molecule has 0 aliphatic rings. The fourth-order valence-electron chi connectivity index (χ4n) is 0.438. The van der Waals surface area contributed by atoms with E-state index >= 15 is 0 Å². The van der Waals surface area contributed by atoms with Gasteiger partial charge >= 0.3 is 0 Å². The number of hydrogen-bond donors (Lipinski definition) is 0. The van der Waals surface area contributed by atoms with Crippen LogP contribution in [0.3, 0.4) is 0 Å². The van der Waals surface area contributed by atoms with Crippen molar-refractivity contribution in [1.82, 2.24) is 9.97 Å². The lowest BCUT2D eigenvalue weighted by atomic mass is 10.3. The third-order valence-electron chi connectivity index (χ3n) is 0.849. The predicted molar refractivity (Wildman–Crippen MR) is 30.9 cm³/mol. The molecule has 45 valence electrons. The van der Waals surface area contributed by atoms with Gasteiger partial charge in [0.15, 0.2) is 5.78 Å². The number of carbonyl (C=O) groups is 1. The summed E-state index contributed by atoms with van der Waals surface area (Å²) in [4.78, 5) is 17.8. The number of rotatable bonds is 1. The molecule has 0 aliphatic heterocycles. The monoisotopic (exact) mass is 121 g/mol. The third-order valence-corrected chi connectivity index (χ3v) is 0.849. The van der Waals surface area contributed by atoms with Gasteiger partial charge in [0.25, 0.3) is 0 Å². The van der Waals surface area contributed by atoms with Crippen molar-refractivity contribution in [2.45, 2.75) is 6.92 Å². The Morgan fingerprint density at radius 2 is 2.44 bits per heavy atom. The quantitative estimate of drug-likeness (QED) is 0.507. The van der Waals surface area contributed by atoms with Crippen LogP contribution in [0.1, 0.15) is 17.4 Å². The average Bonchev–Trinajstić information content (AvgIpc) is 1.90. The topological polar surface area (TPSA) is 42.9 Å². The molecule has 0 aliphatic carbocycles. The lowest BCUT2D eigenvalue weighted by Crippen LogP contribution is -1.95. The van der Waals surface area contributed by atoms with Crippen LogP contribution in [0.5, 0.6) is 0 Å². The number of Topliss-reactive ketones (excluding diaryl/α,β-unsaturated/α-hetero) is 1. The molecule has 9 heavy (non-hydrogen) atoms. The van der Waals surface area contributed by atoms with Crippen LogP contribution in [0.25, 0.3) is 0 Å². The molecule has 3 nitrogen and oxygen atoms in total. The molecule has 0 saturated heterocycles. The van der Waals surface area contributed by atoms with Gasteiger partial charge in [-0.05, 0) is 0 Å². The molecule has 1 heterocycles. The van der Waals surface area contributed by atoms with E-state index in [0.717, 1.165) is 0 Å². The third kappa shape index (κ3) is 1.32. The molecule has 1 radical (unpaired) electrons. The van der Waals surface area contributed by atoms with Gasteiger partial charge in [0, 0.05) is 19.3 Å². The van der Waals surface area contributed by atoms with Gasteiger partial charge in [0.2, 0.25) is 0 Å².